The van der Waals surface area contributed by atoms with Crippen molar-refractivity contribution in [1.82, 2.24) is 0 Å². The molecule has 14 heteroatoms. The molecule has 1 aliphatic carbocycles. The summed E-state index contributed by atoms with van der Waals surface area (Å²) < 4.78 is 60.6. The van der Waals surface area contributed by atoms with Crippen molar-refractivity contribution in [3.05, 3.63) is 141 Å². The second-order valence-electron chi connectivity index (χ2n) is 17.9. The number of hydrogen-bond donors (Lipinski definition) is 2. The normalized spacial score (nSPS) is 11.7. The molecule has 6 aromatic carbocycles. The largest absolute Gasteiger partial charge is 0.493 e. The van der Waals surface area contributed by atoms with Crippen LogP contribution in [0.5, 0.6) is 57.5 Å². The Morgan fingerprint density at radius 2 is 0.622 bits per heavy atom. The maximum Gasteiger partial charge on any atom is 0.255 e. The molecule has 0 heterocycles. The summed E-state index contributed by atoms with van der Waals surface area (Å²) >= 11 is 0. The number of benzene rings is 6. The van der Waals surface area contributed by atoms with Crippen LogP contribution in [0.3, 0.4) is 0 Å². The van der Waals surface area contributed by atoms with E-state index >= 15 is 0 Å². The van der Waals surface area contributed by atoms with E-state index in [1.54, 1.807) is 24.3 Å². The maximum atomic E-state index is 14.3. The van der Waals surface area contributed by atoms with Gasteiger partial charge in [0, 0.05) is 70.4 Å². The van der Waals surface area contributed by atoms with Gasteiger partial charge in [0.1, 0.15) is 23.0 Å². The highest BCUT2D eigenvalue weighted by molar-refractivity contribution is 6.06. The van der Waals surface area contributed by atoms with E-state index in [0.29, 0.717) is 109 Å². The minimum absolute atomic E-state index is 0.323. The smallest absolute Gasteiger partial charge is 0.255 e. The van der Waals surface area contributed by atoms with Gasteiger partial charge >= 0.3 is 0 Å². The van der Waals surface area contributed by atoms with E-state index in [-0.39, 0.29) is 11.8 Å². The highest BCUT2D eigenvalue weighted by atomic mass is 16.5. The molecule has 0 spiro atoms. The van der Waals surface area contributed by atoms with Crippen LogP contribution in [0.25, 0.3) is 0 Å². The Morgan fingerprint density at radius 3 is 0.851 bits per heavy atom. The summed E-state index contributed by atoms with van der Waals surface area (Å²) in [5.41, 5.74) is 8.96. The summed E-state index contributed by atoms with van der Waals surface area (Å²) in [4.78, 5) is 28.6. The van der Waals surface area contributed by atoms with Crippen molar-refractivity contribution >= 4 is 23.2 Å². The zero-order valence-corrected chi connectivity index (χ0v) is 44.5. The zero-order valence-electron chi connectivity index (χ0n) is 44.5. The van der Waals surface area contributed by atoms with Gasteiger partial charge in [0.05, 0.1) is 69.1 Å². The fourth-order valence-electron chi connectivity index (χ4n) is 9.22. The van der Waals surface area contributed by atoms with E-state index in [0.717, 1.165) is 93.2 Å². The summed E-state index contributed by atoms with van der Waals surface area (Å²) in [6, 6.07) is 26.9. The molecule has 1 aliphatic rings. The van der Waals surface area contributed by atoms with Crippen molar-refractivity contribution in [2.45, 2.75) is 79.1 Å². The van der Waals surface area contributed by atoms with Crippen LogP contribution < -0.4 is 58.0 Å². The quantitative estimate of drug-likeness (QED) is 0.0665. The maximum absolute atomic E-state index is 14.3. The number of ether oxygens (including phenoxy) is 10. The number of carbonyl (C=O) groups excluding carboxylic acids is 2. The number of hydrogen-bond acceptors (Lipinski definition) is 12. The summed E-state index contributed by atoms with van der Waals surface area (Å²) in [5.74, 6) is 4.44. The third-order valence-electron chi connectivity index (χ3n) is 12.5. The molecule has 0 saturated heterocycles. The number of nitrogens with one attached hydrogen (secondary N) is 2. The first kappa shape index (κ1) is 54.0. The van der Waals surface area contributed by atoms with Crippen molar-refractivity contribution in [3.63, 3.8) is 0 Å². The number of carbonyl (C=O) groups is 2. The molecular weight excluding hydrogens is 941 g/mol. The van der Waals surface area contributed by atoms with Gasteiger partial charge in [0.15, 0.2) is 23.0 Å². The highest BCUT2D eigenvalue weighted by Crippen LogP contribution is 2.43. The lowest BCUT2D eigenvalue weighted by molar-refractivity contribution is 0.101. The Hall–Kier alpha value is -7.74. The summed E-state index contributed by atoms with van der Waals surface area (Å²) in [7, 11) is 9.12. The van der Waals surface area contributed by atoms with E-state index in [9.17, 15) is 9.59 Å². The lowest BCUT2D eigenvalue weighted by atomic mass is 9.90. The van der Waals surface area contributed by atoms with Crippen molar-refractivity contribution in [1.29, 1.82) is 0 Å². The average molecular weight is 1010 g/mol. The molecule has 74 heavy (non-hydrogen) atoms. The van der Waals surface area contributed by atoms with Crippen LogP contribution >= 0.6 is 0 Å². The summed E-state index contributed by atoms with van der Waals surface area (Å²) in [6.07, 6.45) is 4.74. The molecule has 14 nitrogen and oxygen atoms in total. The minimum Gasteiger partial charge on any atom is -0.493 e. The Kier molecular flexibility index (Phi) is 18.8. The molecule has 0 aromatic heterocycles. The predicted molar refractivity (Wildman–Crippen MR) is 288 cm³/mol. The molecule has 2 N–H and O–H groups in total. The Balaban J connectivity index is 1.45. The van der Waals surface area contributed by atoms with E-state index in [1.807, 2.05) is 36.4 Å². The van der Waals surface area contributed by atoms with Crippen molar-refractivity contribution in [3.8, 4) is 57.5 Å². The molecule has 2 amide bonds. The number of amides is 2. The van der Waals surface area contributed by atoms with Crippen molar-refractivity contribution < 1.29 is 57.0 Å². The zero-order chi connectivity index (χ0) is 52.7. The molecule has 0 saturated carbocycles. The van der Waals surface area contributed by atoms with Gasteiger partial charge in [-0.3, -0.25) is 9.59 Å². The van der Waals surface area contributed by atoms with E-state index in [1.165, 1.54) is 42.7 Å². The third kappa shape index (κ3) is 12.4. The topological polar surface area (TPSA) is 150 Å². The molecule has 8 bridgehead atoms. The van der Waals surface area contributed by atoms with Crippen LogP contribution in [-0.4, -0.2) is 80.9 Å². The first-order valence-electron chi connectivity index (χ1n) is 25.3. The van der Waals surface area contributed by atoms with Crippen LogP contribution in [0.4, 0.5) is 11.4 Å². The van der Waals surface area contributed by atoms with Gasteiger partial charge in [-0.2, -0.15) is 0 Å². The molecule has 0 radical (unpaired) electrons. The molecule has 392 valence electrons. The number of rotatable bonds is 22. The highest BCUT2D eigenvalue weighted by Gasteiger charge is 2.26. The Bertz CT molecular complexity index is 2590. The molecule has 7 rings (SSSR count). The number of para-hydroxylation sites is 2. The van der Waals surface area contributed by atoms with Crippen LogP contribution in [0.2, 0.25) is 0 Å². The second kappa shape index (κ2) is 25.8. The summed E-state index contributed by atoms with van der Waals surface area (Å²) in [6.45, 7) is 10.2. The number of methoxy groups -OCH3 is 6. The van der Waals surface area contributed by atoms with Gasteiger partial charge in [-0.15, -0.1) is 0 Å². The number of anilines is 2. The van der Waals surface area contributed by atoms with Crippen LogP contribution in [0.1, 0.15) is 119 Å². The predicted octanol–water partition coefficient (Wildman–Crippen LogP) is 12.1. The van der Waals surface area contributed by atoms with Crippen LogP contribution in [0.15, 0.2) is 84.9 Å². The first-order valence-corrected chi connectivity index (χ1v) is 25.3. The lowest BCUT2D eigenvalue weighted by Gasteiger charge is -2.24. The average Bonchev–Trinajstić information content (AvgIpc) is 3.41. The monoisotopic (exact) mass is 1010 g/mol. The van der Waals surface area contributed by atoms with E-state index in [4.69, 9.17) is 47.4 Å². The molecule has 0 unspecified atom stereocenters. The van der Waals surface area contributed by atoms with Crippen LogP contribution in [0, 0.1) is 0 Å². The fraction of sp³-hybridized carbons (Fsp3) is 0.367. The second-order valence-corrected chi connectivity index (χ2v) is 17.9. The number of fused-ring (bicyclic) bond motifs is 8. The van der Waals surface area contributed by atoms with E-state index in [2.05, 4.69) is 62.6 Å². The molecule has 0 atom stereocenters. The van der Waals surface area contributed by atoms with Crippen molar-refractivity contribution in [2.75, 3.05) is 79.7 Å². The molecule has 6 aromatic rings. The van der Waals surface area contributed by atoms with Gasteiger partial charge in [-0.25, -0.2) is 0 Å². The van der Waals surface area contributed by atoms with Gasteiger partial charge < -0.3 is 58.0 Å². The molecular formula is C60H70N2O12. The van der Waals surface area contributed by atoms with Crippen molar-refractivity contribution in [2.24, 2.45) is 0 Å². The fourth-order valence-corrected chi connectivity index (χ4v) is 9.22. The Labute approximate surface area is 435 Å². The molecule has 0 fully saturated rings. The van der Waals surface area contributed by atoms with Gasteiger partial charge in [0.25, 0.3) is 11.8 Å². The van der Waals surface area contributed by atoms with Gasteiger partial charge in [0.2, 0.25) is 11.5 Å². The van der Waals surface area contributed by atoms with Crippen LogP contribution in [-0.2, 0) is 25.7 Å². The Morgan fingerprint density at radius 1 is 0.365 bits per heavy atom. The van der Waals surface area contributed by atoms with E-state index < -0.39 is 0 Å². The lowest BCUT2D eigenvalue weighted by Crippen LogP contribution is -2.15. The van der Waals surface area contributed by atoms with Gasteiger partial charge in [-0.05, 0) is 96.5 Å². The standard InChI is InChI=1S/C60H70N2O12/c1-11-21-71-53-37-17-15-18-38(53)26-42-30-48(62-60(64)46-35-51(67-7)58(70-10)52(36-46)68-8)32-44(56(42)74-24-14-4)28-40-20-16-19-39(54(40)72-22-12-2)27-43-31-47(29-41(25-37)55(43)73-23-13-3)61-59(63)45-33-49(65-5)57(69-9)50(34-45)66-6/h15-20,29-36H,11-14,21-28H2,1-10H3,(H,61,63)(H,62,64). The summed E-state index contributed by atoms with van der Waals surface area (Å²) in [5, 5.41) is 6.39. The van der Waals surface area contributed by atoms with Gasteiger partial charge in [-0.1, -0.05) is 64.1 Å². The first-order chi connectivity index (χ1) is 36.0. The SMILES string of the molecule is CCCOc1c2cccc1Cc1cc(NC(=O)c3cc(OC)c(OC)c(OC)c3)cc(c1OCCC)Cc1cccc(c1OCCC)Cc1cc(NC(=O)c3cc(OC)c(OC)c(OC)c3)cc(c1OCCC)C2. The minimum atomic E-state index is -0.366. The third-order valence-corrected chi connectivity index (χ3v) is 12.5. The molecule has 0 aliphatic heterocycles.